The maximum Gasteiger partial charge on any atom is 0.291 e. The highest BCUT2D eigenvalue weighted by Crippen LogP contribution is 1.84. The summed E-state index contributed by atoms with van der Waals surface area (Å²) in [5, 5.41) is 0. The monoisotopic (exact) mass is 115 g/mol. The van der Waals surface area contributed by atoms with E-state index in [-0.39, 0.29) is 0 Å². The van der Waals surface area contributed by atoms with Crippen molar-refractivity contribution in [1.82, 2.24) is 0 Å². The highest BCUT2D eigenvalue weighted by molar-refractivity contribution is 6.55. The van der Waals surface area contributed by atoms with Gasteiger partial charge in [0.05, 0.1) is 0 Å². The van der Waals surface area contributed by atoms with Crippen LogP contribution in [0.5, 0.6) is 0 Å². The molecule has 0 spiro atoms. The van der Waals surface area contributed by atoms with Crippen LogP contribution >= 0.6 is 11.6 Å². The minimum absolute atomic E-state index is 1.41. The third-order valence-electron chi connectivity index (χ3n) is 0.638. The fraction of sp³-hybridized carbons (Fsp3) is 0. The van der Waals surface area contributed by atoms with Crippen LogP contribution in [-0.2, 0) is 0 Å². The Kier molecular flexibility index (Phi) is 1.22. The second-order valence-corrected chi connectivity index (χ2v) is 1.30. The second kappa shape index (κ2) is 1.89. The molecule has 0 saturated carbocycles. The van der Waals surface area contributed by atoms with Crippen LogP contribution in [0.1, 0.15) is 0 Å². The largest absolute Gasteiger partial charge is 0.291 e. The van der Waals surface area contributed by atoms with Gasteiger partial charge in [0.1, 0.15) is 6.20 Å². The van der Waals surface area contributed by atoms with Gasteiger partial charge in [-0.3, -0.25) is 0 Å². The van der Waals surface area contributed by atoms with Crippen LogP contribution < -0.4 is 0 Å². The van der Waals surface area contributed by atoms with Crippen LogP contribution in [0.3, 0.4) is 0 Å². The topological polar surface area (TPSA) is 15.4 Å². The Hall–Kier alpha value is -0.630. The van der Waals surface area contributed by atoms with Crippen LogP contribution in [0.25, 0.3) is 0 Å². The Morgan fingerprint density at radius 1 is 1.71 bits per heavy atom. The fourth-order valence-electron chi connectivity index (χ4n) is 0.327. The van der Waals surface area contributed by atoms with Gasteiger partial charge in [0, 0.05) is 0 Å². The molecule has 0 fully saturated rings. The zero-order valence-electron chi connectivity index (χ0n) is 3.58. The van der Waals surface area contributed by atoms with Gasteiger partial charge in [0.25, 0.3) is 6.34 Å². The molecule has 1 rings (SSSR count). The van der Waals surface area contributed by atoms with Gasteiger partial charge >= 0.3 is 0 Å². The van der Waals surface area contributed by atoms with E-state index in [4.69, 9.17) is 11.6 Å². The molecular formula is C4H4ClN2+. The standard InChI is InChI=1S/C4H4ClN2/c5-3-7-2-1-6-4-7/h1-4H/q+1. The Morgan fingerprint density at radius 2 is 2.57 bits per heavy atom. The first-order valence-electron chi connectivity index (χ1n) is 1.84. The molecule has 1 aliphatic heterocycles. The van der Waals surface area contributed by atoms with Gasteiger partial charge in [-0.25, -0.2) is 0 Å². The van der Waals surface area contributed by atoms with Gasteiger partial charge in [-0.2, -0.15) is 4.58 Å². The SMILES string of the molecule is ClC=[N+]1C=CN=C1. The minimum Gasteiger partial charge on any atom is -0.195 e. The molecule has 7 heavy (non-hydrogen) atoms. The summed E-state index contributed by atoms with van der Waals surface area (Å²) in [6, 6.07) is 0. The number of nitrogens with zero attached hydrogens (tertiary/aromatic N) is 2. The molecule has 1 aliphatic rings. The normalized spacial score (nSPS) is 22.1. The Labute approximate surface area is 46.4 Å². The molecule has 1 heterocycles. The van der Waals surface area contributed by atoms with Gasteiger partial charge in [-0.05, 0) is 11.6 Å². The molecule has 0 atom stereocenters. The van der Waals surface area contributed by atoms with E-state index in [1.807, 2.05) is 0 Å². The van der Waals surface area contributed by atoms with E-state index in [0.29, 0.717) is 0 Å². The highest BCUT2D eigenvalue weighted by Gasteiger charge is 1.94. The lowest BCUT2D eigenvalue weighted by Crippen LogP contribution is -1.93. The van der Waals surface area contributed by atoms with E-state index >= 15 is 0 Å². The van der Waals surface area contributed by atoms with Crippen LogP contribution in [0.15, 0.2) is 17.4 Å². The lowest BCUT2D eigenvalue weighted by Gasteiger charge is -1.72. The van der Waals surface area contributed by atoms with E-state index in [0.717, 1.165) is 0 Å². The molecule has 0 aromatic rings. The first kappa shape index (κ1) is 4.53. The molecule has 0 radical (unpaired) electrons. The summed E-state index contributed by atoms with van der Waals surface area (Å²) in [7, 11) is 0. The Balaban J connectivity index is 2.79. The summed E-state index contributed by atoms with van der Waals surface area (Å²) in [5.74, 6) is 0. The van der Waals surface area contributed by atoms with Crippen molar-refractivity contribution in [2.24, 2.45) is 4.99 Å². The van der Waals surface area contributed by atoms with Crippen molar-refractivity contribution in [3.8, 4) is 0 Å². The maximum absolute atomic E-state index is 5.27. The summed E-state index contributed by atoms with van der Waals surface area (Å²) >= 11 is 5.27. The molecule has 0 amide bonds. The zero-order valence-corrected chi connectivity index (χ0v) is 4.34. The summed E-state index contributed by atoms with van der Waals surface area (Å²) in [4.78, 5) is 3.74. The highest BCUT2D eigenvalue weighted by atomic mass is 35.5. The van der Waals surface area contributed by atoms with E-state index in [1.165, 1.54) is 5.67 Å². The van der Waals surface area contributed by atoms with Crippen LogP contribution in [0.2, 0.25) is 0 Å². The zero-order chi connectivity index (χ0) is 5.11. The molecule has 0 aromatic carbocycles. The van der Waals surface area contributed by atoms with Gasteiger partial charge in [0.15, 0.2) is 11.9 Å². The predicted octanol–water partition coefficient (Wildman–Crippen LogP) is 0.779. The first-order valence-corrected chi connectivity index (χ1v) is 2.28. The fourth-order valence-corrected chi connectivity index (χ4v) is 0.443. The molecule has 0 saturated heterocycles. The van der Waals surface area contributed by atoms with E-state index in [2.05, 4.69) is 4.99 Å². The van der Waals surface area contributed by atoms with Gasteiger partial charge < -0.3 is 0 Å². The molecule has 0 bridgehead atoms. The first-order chi connectivity index (χ1) is 3.43. The summed E-state index contributed by atoms with van der Waals surface area (Å²) in [6.45, 7) is 0. The predicted molar refractivity (Wildman–Crippen MR) is 29.8 cm³/mol. The molecule has 2 nitrogen and oxygen atoms in total. The molecular weight excluding hydrogens is 112 g/mol. The number of aliphatic imine (C=N–C) groups is 1. The number of hydrogen-bond donors (Lipinski definition) is 0. The molecule has 0 aliphatic carbocycles. The Morgan fingerprint density at radius 3 is 2.86 bits per heavy atom. The van der Waals surface area contributed by atoms with Crippen LogP contribution in [0, 0.1) is 0 Å². The van der Waals surface area contributed by atoms with Crippen LogP contribution in [0.4, 0.5) is 0 Å². The van der Waals surface area contributed by atoms with Crippen molar-refractivity contribution in [2.45, 2.75) is 0 Å². The van der Waals surface area contributed by atoms with Gasteiger partial charge in [-0.1, -0.05) is 4.99 Å². The summed E-state index contributed by atoms with van der Waals surface area (Å²) in [6.07, 6.45) is 5.04. The quantitative estimate of drug-likeness (QED) is 0.415. The smallest absolute Gasteiger partial charge is 0.195 e. The van der Waals surface area contributed by atoms with E-state index < -0.39 is 0 Å². The maximum atomic E-state index is 5.27. The average molecular weight is 116 g/mol. The van der Waals surface area contributed by atoms with Crippen molar-refractivity contribution < 1.29 is 4.58 Å². The molecule has 0 N–H and O–H groups in total. The molecule has 3 heteroatoms. The van der Waals surface area contributed by atoms with E-state index in [9.17, 15) is 0 Å². The van der Waals surface area contributed by atoms with Crippen molar-refractivity contribution in [3.05, 3.63) is 12.4 Å². The summed E-state index contributed by atoms with van der Waals surface area (Å²) in [5.41, 5.74) is 1.41. The number of halogens is 1. The van der Waals surface area contributed by atoms with Crippen LogP contribution in [-0.4, -0.2) is 16.6 Å². The van der Waals surface area contributed by atoms with Crippen molar-refractivity contribution in [3.63, 3.8) is 0 Å². The summed E-state index contributed by atoms with van der Waals surface area (Å²) < 4.78 is 1.65. The Bertz CT molecular complexity index is 132. The van der Waals surface area contributed by atoms with Gasteiger partial charge in [0.2, 0.25) is 0 Å². The number of rotatable bonds is 0. The van der Waals surface area contributed by atoms with Crippen molar-refractivity contribution in [1.29, 1.82) is 0 Å². The molecule has 0 aromatic heterocycles. The lowest BCUT2D eigenvalue weighted by molar-refractivity contribution is -0.299. The third-order valence-corrected chi connectivity index (χ3v) is 0.863. The number of hydrogen-bond acceptors (Lipinski definition) is 1. The molecule has 36 valence electrons. The third kappa shape index (κ3) is 0.871. The lowest BCUT2D eigenvalue weighted by atomic mass is 10.9. The van der Waals surface area contributed by atoms with Gasteiger partial charge in [-0.15, -0.1) is 0 Å². The van der Waals surface area contributed by atoms with E-state index in [1.54, 1.807) is 23.3 Å². The van der Waals surface area contributed by atoms with Crippen molar-refractivity contribution >= 4 is 23.6 Å². The molecule has 0 unspecified atom stereocenters. The van der Waals surface area contributed by atoms with Crippen molar-refractivity contribution in [2.75, 3.05) is 0 Å². The average Bonchev–Trinajstić information content (AvgIpc) is 2.14. The second-order valence-electron chi connectivity index (χ2n) is 1.11. The minimum atomic E-state index is 1.41.